The van der Waals surface area contributed by atoms with E-state index in [0.29, 0.717) is 5.92 Å². The molecule has 1 aliphatic carbocycles. The van der Waals surface area contributed by atoms with Gasteiger partial charge < -0.3 is 16.3 Å². The van der Waals surface area contributed by atoms with Gasteiger partial charge in [0.2, 0.25) is 0 Å². The number of hydrogen-bond acceptors (Lipinski definition) is 2. The smallest absolute Gasteiger partial charge is 0.596 e. The summed E-state index contributed by atoms with van der Waals surface area (Å²) in [5, 5.41) is 3.81. The van der Waals surface area contributed by atoms with Crippen LogP contribution in [0.3, 0.4) is 0 Å². The van der Waals surface area contributed by atoms with Crippen LogP contribution in [0.4, 0.5) is 0 Å². The quantitative estimate of drug-likeness (QED) is 0.492. The monoisotopic (exact) mass is 219 g/mol. The summed E-state index contributed by atoms with van der Waals surface area (Å²) in [6.45, 7) is 0. The maximum atomic E-state index is 5.56. The summed E-state index contributed by atoms with van der Waals surface area (Å²) in [5.74, 6) is 0.310. The first-order valence-corrected chi connectivity index (χ1v) is 3.25. The SMILES string of the molecule is NC1=CC2C=N[N-]C2C=C1.[Rb+]. The molecule has 1 aliphatic heterocycles. The van der Waals surface area contributed by atoms with Crippen LogP contribution >= 0.6 is 0 Å². The van der Waals surface area contributed by atoms with Gasteiger partial charge in [-0.1, -0.05) is 18.2 Å². The number of hydrogen-bond donors (Lipinski definition) is 1. The summed E-state index contributed by atoms with van der Waals surface area (Å²) >= 11 is 0. The van der Waals surface area contributed by atoms with E-state index >= 15 is 0 Å². The fraction of sp³-hybridized carbons (Fsp3) is 0.286. The van der Waals surface area contributed by atoms with Gasteiger partial charge in [0.25, 0.3) is 0 Å². The van der Waals surface area contributed by atoms with E-state index in [-0.39, 0.29) is 64.2 Å². The third kappa shape index (κ3) is 2.02. The van der Waals surface area contributed by atoms with E-state index in [4.69, 9.17) is 5.73 Å². The average Bonchev–Trinajstić information content (AvgIpc) is 2.33. The summed E-state index contributed by atoms with van der Waals surface area (Å²) < 4.78 is 0. The molecule has 2 N–H and O–H groups in total. The third-order valence-corrected chi connectivity index (χ3v) is 1.70. The molecule has 0 saturated carbocycles. The van der Waals surface area contributed by atoms with E-state index in [1.165, 1.54) is 0 Å². The van der Waals surface area contributed by atoms with E-state index in [2.05, 4.69) is 10.5 Å². The van der Waals surface area contributed by atoms with Crippen molar-refractivity contribution in [2.45, 2.75) is 6.04 Å². The first-order chi connectivity index (χ1) is 4.86. The number of rotatable bonds is 0. The Bertz CT molecular complexity index is 232. The molecule has 0 fully saturated rings. The van der Waals surface area contributed by atoms with Gasteiger partial charge in [-0.3, -0.25) is 0 Å². The number of nitrogens with zero attached hydrogens (tertiary/aromatic N) is 2. The maximum absolute atomic E-state index is 5.56. The van der Waals surface area contributed by atoms with Crippen LogP contribution in [0.25, 0.3) is 5.43 Å². The molecule has 52 valence electrons. The summed E-state index contributed by atoms with van der Waals surface area (Å²) in [4.78, 5) is 0. The molecule has 2 rings (SSSR count). The molecule has 4 heteroatoms. The van der Waals surface area contributed by atoms with Gasteiger partial charge in [-0.15, -0.1) is 0 Å². The summed E-state index contributed by atoms with van der Waals surface area (Å²) in [6.07, 6.45) is 7.65. The second-order valence-corrected chi connectivity index (χ2v) is 2.47. The molecule has 0 aromatic carbocycles. The zero-order chi connectivity index (χ0) is 6.97. The topological polar surface area (TPSA) is 52.5 Å². The van der Waals surface area contributed by atoms with Crippen LogP contribution in [0.5, 0.6) is 0 Å². The van der Waals surface area contributed by atoms with E-state index < -0.39 is 0 Å². The van der Waals surface area contributed by atoms with Crippen LogP contribution in [0, 0.1) is 5.92 Å². The van der Waals surface area contributed by atoms with E-state index in [0.717, 1.165) is 5.70 Å². The van der Waals surface area contributed by atoms with Crippen molar-refractivity contribution in [2.24, 2.45) is 16.8 Å². The zero-order valence-electron chi connectivity index (χ0n) is 6.44. The molecule has 2 unspecified atom stereocenters. The molecule has 1 heterocycles. The van der Waals surface area contributed by atoms with Crippen LogP contribution in [0.2, 0.25) is 0 Å². The van der Waals surface area contributed by atoms with Gasteiger partial charge in [0, 0.05) is 11.6 Å². The van der Waals surface area contributed by atoms with E-state index in [1.54, 1.807) is 0 Å². The van der Waals surface area contributed by atoms with Crippen molar-refractivity contribution in [2.75, 3.05) is 0 Å². The first-order valence-electron chi connectivity index (χ1n) is 3.25. The van der Waals surface area contributed by atoms with E-state index in [9.17, 15) is 0 Å². The third-order valence-electron chi connectivity index (χ3n) is 1.70. The Morgan fingerprint density at radius 1 is 1.55 bits per heavy atom. The summed E-state index contributed by atoms with van der Waals surface area (Å²) in [6, 6.07) is 0.215. The molecular weight excluding hydrogens is 212 g/mol. The minimum atomic E-state index is 0. The molecule has 0 aromatic rings. The first kappa shape index (κ1) is 9.64. The fourth-order valence-corrected chi connectivity index (χ4v) is 1.15. The molecule has 0 saturated heterocycles. The minimum absolute atomic E-state index is 0. The van der Waals surface area contributed by atoms with Gasteiger partial charge in [0.15, 0.2) is 0 Å². The predicted octanol–water partition coefficient (Wildman–Crippen LogP) is -2.24. The molecule has 2 atom stereocenters. The Hall–Kier alpha value is 0.555. The maximum Gasteiger partial charge on any atom is 1.00 e. The normalized spacial score (nSPS) is 31.8. The van der Waals surface area contributed by atoms with Crippen LogP contribution in [0.15, 0.2) is 29.0 Å². The van der Waals surface area contributed by atoms with Crippen molar-refractivity contribution < 1.29 is 58.2 Å². The predicted molar refractivity (Wildman–Crippen MR) is 40.5 cm³/mol. The van der Waals surface area contributed by atoms with Crippen LogP contribution in [-0.2, 0) is 0 Å². The second-order valence-electron chi connectivity index (χ2n) is 2.47. The number of nitrogens with two attached hydrogens (primary N) is 1. The van der Waals surface area contributed by atoms with Crippen LogP contribution in [-0.4, -0.2) is 12.3 Å². The Labute approximate surface area is 115 Å². The van der Waals surface area contributed by atoms with Crippen molar-refractivity contribution in [3.8, 4) is 0 Å². The summed E-state index contributed by atoms with van der Waals surface area (Å²) in [7, 11) is 0. The Morgan fingerprint density at radius 2 is 2.36 bits per heavy atom. The number of allylic oxidation sites excluding steroid dienone is 1. The molecular formula is C7H8N3Rb. The molecule has 11 heavy (non-hydrogen) atoms. The second kappa shape index (κ2) is 3.98. The fourth-order valence-electron chi connectivity index (χ4n) is 1.15. The molecule has 2 aliphatic rings. The van der Waals surface area contributed by atoms with Gasteiger partial charge in [0.05, 0.1) is 0 Å². The van der Waals surface area contributed by atoms with Crippen LogP contribution < -0.4 is 63.9 Å². The van der Waals surface area contributed by atoms with Gasteiger partial charge in [0.1, 0.15) is 0 Å². The minimum Gasteiger partial charge on any atom is -0.596 e. The largest absolute Gasteiger partial charge is 1.00 e. The molecule has 0 aromatic heterocycles. The van der Waals surface area contributed by atoms with Crippen molar-refractivity contribution in [3.05, 3.63) is 29.4 Å². The van der Waals surface area contributed by atoms with Crippen molar-refractivity contribution in [1.29, 1.82) is 0 Å². The molecule has 0 radical (unpaired) electrons. The molecule has 0 spiro atoms. The van der Waals surface area contributed by atoms with Gasteiger partial charge in [-0.25, -0.2) is 0 Å². The van der Waals surface area contributed by atoms with Gasteiger partial charge >= 0.3 is 58.2 Å². The van der Waals surface area contributed by atoms with Gasteiger partial charge in [-0.2, -0.15) is 0 Å². The van der Waals surface area contributed by atoms with Gasteiger partial charge in [-0.05, 0) is 12.3 Å². The Kier molecular flexibility index (Phi) is 3.49. The summed E-state index contributed by atoms with van der Waals surface area (Å²) in [5.41, 5.74) is 10.3. The standard InChI is InChI=1S/C7H8N3.Rb/c8-6-1-2-7-5(3-6)4-9-10-7;/h1-5,7H,8H2;/q-1;+1. The van der Waals surface area contributed by atoms with Crippen LogP contribution in [0.1, 0.15) is 0 Å². The average molecular weight is 220 g/mol. The van der Waals surface area contributed by atoms with Crippen molar-refractivity contribution in [3.63, 3.8) is 0 Å². The molecule has 3 nitrogen and oxygen atoms in total. The van der Waals surface area contributed by atoms with Crippen molar-refractivity contribution >= 4 is 6.21 Å². The zero-order valence-corrected chi connectivity index (χ0v) is 11.4. The van der Waals surface area contributed by atoms with E-state index in [1.807, 2.05) is 24.4 Å². The van der Waals surface area contributed by atoms with Crippen molar-refractivity contribution in [1.82, 2.24) is 0 Å². The Balaban J connectivity index is 0.000000605. The molecule has 0 amide bonds. The Morgan fingerprint density at radius 3 is 3.18 bits per heavy atom. The molecule has 0 bridgehead atoms. The number of fused-ring (bicyclic) bond motifs is 1.